The molecule has 0 atom stereocenters. The fourth-order valence-corrected chi connectivity index (χ4v) is 7.23. The van der Waals surface area contributed by atoms with Gasteiger partial charge in [-0.15, -0.1) is 0 Å². The van der Waals surface area contributed by atoms with Gasteiger partial charge < -0.3 is 4.48 Å². The number of halogens is 2. The maximum Gasteiger partial charge on any atom is 0.678 e. The summed E-state index contributed by atoms with van der Waals surface area (Å²) in [6.07, 6.45) is 2.11. The van der Waals surface area contributed by atoms with Gasteiger partial charge in [0.05, 0.1) is 17.1 Å². The Morgan fingerprint density at radius 2 is 1.17 bits per heavy atom. The Morgan fingerprint density at radius 3 is 1.79 bits per heavy atom. The van der Waals surface area contributed by atoms with Gasteiger partial charge in [-0.2, -0.15) is 0 Å². The van der Waals surface area contributed by atoms with Crippen molar-refractivity contribution in [1.82, 2.24) is 4.48 Å². The Balaban J connectivity index is 1.65. The Hall–Kier alpha value is -5.29. The van der Waals surface area contributed by atoms with E-state index in [4.69, 9.17) is 4.99 Å². The average molecular weight is 617 g/mol. The number of benzene rings is 5. The van der Waals surface area contributed by atoms with E-state index in [1.54, 1.807) is 0 Å². The van der Waals surface area contributed by atoms with Gasteiger partial charge in [0.25, 0.3) is 0 Å². The van der Waals surface area contributed by atoms with Crippen LogP contribution in [0, 0.1) is 34.6 Å². The quantitative estimate of drug-likeness (QED) is 0.166. The molecule has 1 aliphatic rings. The molecule has 2 nitrogen and oxygen atoms in total. The third-order valence-electron chi connectivity index (χ3n) is 8.93. The van der Waals surface area contributed by atoms with Gasteiger partial charge in [-0.3, -0.25) is 8.63 Å². The number of fused-ring (bicyclic) bond motifs is 1. The molecule has 0 aliphatic carbocycles. The van der Waals surface area contributed by atoms with Crippen LogP contribution < -0.4 is 0 Å². The van der Waals surface area contributed by atoms with Crippen molar-refractivity contribution in [1.29, 1.82) is 0 Å². The monoisotopic (exact) mass is 616 g/mol. The fourth-order valence-electron chi connectivity index (χ4n) is 7.23. The summed E-state index contributed by atoms with van der Waals surface area (Å²) in [5, 5.41) is 1.55. The predicted molar refractivity (Wildman–Crippen MR) is 194 cm³/mol. The summed E-state index contributed by atoms with van der Waals surface area (Å²) in [5.74, 6) is 0. The summed E-state index contributed by atoms with van der Waals surface area (Å²) in [5.41, 5.74) is 13.0. The highest BCUT2D eigenvalue weighted by molar-refractivity contribution is 6.44. The number of hydrogen-bond donors (Lipinski definition) is 0. The van der Waals surface area contributed by atoms with Crippen LogP contribution in [0.2, 0.25) is 0 Å². The molecule has 47 heavy (non-hydrogen) atoms. The molecular weight excluding hydrogens is 581 g/mol. The lowest BCUT2D eigenvalue weighted by atomic mass is 9.92. The maximum atomic E-state index is 15.9. The molecule has 0 bridgehead atoms. The van der Waals surface area contributed by atoms with Crippen molar-refractivity contribution < 1.29 is 8.63 Å². The molecule has 0 spiro atoms. The third kappa shape index (κ3) is 5.46. The van der Waals surface area contributed by atoms with Crippen LogP contribution >= 0.6 is 0 Å². The normalized spacial score (nSPS) is 13.9. The second kappa shape index (κ2) is 12.1. The Morgan fingerprint density at radius 1 is 0.617 bits per heavy atom. The zero-order valence-electron chi connectivity index (χ0n) is 27.3. The molecule has 0 amide bonds. The largest absolute Gasteiger partial charge is 0.678 e. The van der Waals surface area contributed by atoms with Crippen molar-refractivity contribution in [2.45, 2.75) is 34.6 Å². The van der Waals surface area contributed by atoms with Gasteiger partial charge in [0.2, 0.25) is 0 Å². The van der Waals surface area contributed by atoms with Crippen molar-refractivity contribution >= 4 is 35.0 Å². The summed E-state index contributed by atoms with van der Waals surface area (Å²) in [6, 6.07) is 38.3. The Kier molecular flexibility index (Phi) is 7.85. The lowest BCUT2D eigenvalue weighted by Crippen LogP contribution is -2.18. The molecule has 0 fully saturated rings. The molecule has 0 saturated carbocycles. The highest BCUT2D eigenvalue weighted by Gasteiger charge is 2.34. The van der Waals surface area contributed by atoms with Crippen molar-refractivity contribution in [3.63, 3.8) is 0 Å². The third-order valence-corrected chi connectivity index (χ3v) is 8.93. The smallest absolute Gasteiger partial charge is 0.324 e. The van der Waals surface area contributed by atoms with Gasteiger partial charge in [-0.1, -0.05) is 120 Å². The SMILES string of the molecule is Cc1cc(C)cc(C2=N/C(=C(/c3ccccc3)c3c4ccccc4c(-c4c(C)cc(C)cc4C)n3B(F)F)C(c3ccccc3)=C2)c1. The molecule has 1 aliphatic heterocycles. The molecule has 2 heterocycles. The first-order valence-electron chi connectivity index (χ1n) is 16.0. The summed E-state index contributed by atoms with van der Waals surface area (Å²) < 4.78 is 33.0. The Bertz CT molecular complexity index is 2210. The van der Waals surface area contributed by atoms with E-state index in [2.05, 4.69) is 62.4 Å². The lowest BCUT2D eigenvalue weighted by Gasteiger charge is -2.19. The van der Waals surface area contributed by atoms with Gasteiger partial charge >= 0.3 is 7.40 Å². The zero-order chi connectivity index (χ0) is 32.8. The summed E-state index contributed by atoms with van der Waals surface area (Å²) >= 11 is 0. The van der Waals surface area contributed by atoms with Gasteiger partial charge in [-0.25, -0.2) is 4.99 Å². The number of allylic oxidation sites excluding steroid dienone is 2. The number of aryl methyl sites for hydroxylation is 5. The van der Waals surface area contributed by atoms with Crippen molar-refractivity contribution in [3.8, 4) is 11.3 Å². The van der Waals surface area contributed by atoms with E-state index in [1.165, 1.54) is 4.48 Å². The highest BCUT2D eigenvalue weighted by Crippen LogP contribution is 2.46. The lowest BCUT2D eigenvalue weighted by molar-refractivity contribution is 0.630. The number of aliphatic imine (C=N–C) groups is 1. The molecule has 6 aromatic rings. The maximum absolute atomic E-state index is 15.9. The molecular formula is C42H35BF2N2. The van der Waals surface area contributed by atoms with Crippen LogP contribution in [0.5, 0.6) is 0 Å². The van der Waals surface area contributed by atoms with Crippen LogP contribution in [-0.4, -0.2) is 17.6 Å². The first kappa shape index (κ1) is 30.4. The first-order chi connectivity index (χ1) is 22.7. The van der Waals surface area contributed by atoms with E-state index < -0.39 is 7.40 Å². The minimum Gasteiger partial charge on any atom is -0.324 e. The molecule has 230 valence electrons. The summed E-state index contributed by atoms with van der Waals surface area (Å²) in [7, 11) is -2.81. The minimum atomic E-state index is -2.81. The predicted octanol–water partition coefficient (Wildman–Crippen LogP) is 11.0. The van der Waals surface area contributed by atoms with Crippen molar-refractivity contribution in [2.75, 3.05) is 0 Å². The molecule has 0 unspecified atom stereocenters. The molecule has 0 radical (unpaired) electrons. The number of hydrogen-bond acceptors (Lipinski definition) is 1. The molecule has 5 heteroatoms. The van der Waals surface area contributed by atoms with Crippen LogP contribution in [0.1, 0.15) is 50.2 Å². The zero-order valence-corrected chi connectivity index (χ0v) is 27.3. The van der Waals surface area contributed by atoms with Crippen LogP contribution in [-0.2, 0) is 0 Å². The van der Waals surface area contributed by atoms with E-state index in [9.17, 15) is 0 Å². The summed E-state index contributed by atoms with van der Waals surface area (Å²) in [4.78, 5) is 5.33. The average Bonchev–Trinajstić information content (AvgIpc) is 3.62. The van der Waals surface area contributed by atoms with Crippen LogP contribution in [0.15, 0.2) is 132 Å². The van der Waals surface area contributed by atoms with E-state index in [1.807, 2.05) is 93.6 Å². The van der Waals surface area contributed by atoms with Crippen molar-refractivity contribution in [3.05, 3.63) is 177 Å². The van der Waals surface area contributed by atoms with Gasteiger partial charge in [0, 0.05) is 38.7 Å². The molecule has 1 aromatic heterocycles. The topological polar surface area (TPSA) is 17.3 Å². The van der Waals surface area contributed by atoms with Crippen LogP contribution in [0.25, 0.3) is 33.2 Å². The Labute approximate surface area is 275 Å². The van der Waals surface area contributed by atoms with E-state index in [0.717, 1.165) is 72.1 Å². The molecule has 0 N–H and O–H groups in total. The second-order valence-electron chi connectivity index (χ2n) is 12.6. The van der Waals surface area contributed by atoms with Gasteiger partial charge in [0.1, 0.15) is 0 Å². The number of nitrogens with zero attached hydrogens (tertiary/aromatic N) is 2. The first-order valence-corrected chi connectivity index (χ1v) is 16.0. The van der Waals surface area contributed by atoms with E-state index in [-0.39, 0.29) is 0 Å². The van der Waals surface area contributed by atoms with Gasteiger partial charge in [0.15, 0.2) is 0 Å². The van der Waals surface area contributed by atoms with Crippen molar-refractivity contribution in [2.24, 2.45) is 4.99 Å². The van der Waals surface area contributed by atoms with E-state index >= 15 is 8.63 Å². The van der Waals surface area contributed by atoms with Crippen LogP contribution in [0.4, 0.5) is 8.63 Å². The molecule has 0 saturated heterocycles. The fraction of sp³-hybridized carbons (Fsp3) is 0.119. The molecule has 5 aromatic carbocycles. The van der Waals surface area contributed by atoms with E-state index in [0.29, 0.717) is 22.7 Å². The summed E-state index contributed by atoms with van der Waals surface area (Å²) in [6.45, 7) is 10.2. The minimum absolute atomic E-state index is 0.457. The number of aromatic nitrogens is 1. The molecule has 7 rings (SSSR count). The highest BCUT2D eigenvalue weighted by atomic mass is 19.2. The van der Waals surface area contributed by atoms with Gasteiger partial charge in [-0.05, 0) is 75.1 Å². The van der Waals surface area contributed by atoms with Crippen LogP contribution in [0.3, 0.4) is 0 Å². The second-order valence-corrected chi connectivity index (χ2v) is 12.6. The number of rotatable bonds is 6. The standard InChI is InChI=1S/C42H35BF2N2/c1-26-20-27(2)24-33(23-26)37-25-36(31-14-8-6-9-15-31)40(46-37)39(32-16-10-7-11-17-32)42-35-19-13-12-18-34(35)41(47(42)43(44)45)38-29(4)21-28(3)22-30(38)5/h6-25H,1-5H3/b40-39-.